The molecule has 1 N–H and O–H groups in total. The fraction of sp³-hybridized carbons (Fsp3) is 0.583. The first kappa shape index (κ1) is 22.7. The molecule has 172 valence electrons. The van der Waals surface area contributed by atoms with Gasteiger partial charge in [-0.1, -0.05) is 13.8 Å². The van der Waals surface area contributed by atoms with Gasteiger partial charge in [-0.05, 0) is 38.2 Å². The van der Waals surface area contributed by atoms with Crippen LogP contribution in [-0.2, 0) is 4.74 Å². The van der Waals surface area contributed by atoms with Crippen molar-refractivity contribution < 1.29 is 18.3 Å². The second-order valence-electron chi connectivity index (χ2n) is 9.08. The highest BCUT2D eigenvalue weighted by atomic mass is 19.3. The zero-order valence-electron chi connectivity index (χ0n) is 18.6. The largest absolute Gasteiger partial charge is 0.373 e. The first-order valence-corrected chi connectivity index (χ1v) is 11.5. The zero-order chi connectivity index (χ0) is 22.7. The van der Waals surface area contributed by atoms with E-state index in [1.807, 2.05) is 19.9 Å². The minimum atomic E-state index is -2.63. The standard InChI is InChI=1S/C24H30F2N4O2/c1-15(2)22-28-13-17(14-29-22)23(31)30-21-18(19-5-3-4-12-32-19)8-11-27-20(21)16-6-9-24(25,26)10-7-16/h8,11,13-16,19H,3-7,9-10,12H2,1-2H3,(H,30,31). The average molecular weight is 445 g/mol. The third-order valence-electron chi connectivity index (χ3n) is 6.33. The summed E-state index contributed by atoms with van der Waals surface area (Å²) in [5, 5.41) is 3.01. The van der Waals surface area contributed by atoms with Gasteiger partial charge >= 0.3 is 0 Å². The Morgan fingerprint density at radius 1 is 1.12 bits per heavy atom. The van der Waals surface area contributed by atoms with Crippen LogP contribution < -0.4 is 5.32 Å². The van der Waals surface area contributed by atoms with E-state index in [0.717, 1.165) is 24.8 Å². The number of nitrogens with one attached hydrogen (secondary N) is 1. The molecule has 0 spiro atoms. The number of carbonyl (C=O) groups is 1. The van der Waals surface area contributed by atoms with Crippen LogP contribution in [0.3, 0.4) is 0 Å². The molecule has 1 aliphatic heterocycles. The molecular formula is C24H30F2N4O2. The number of anilines is 1. The molecule has 6 nitrogen and oxygen atoms in total. The summed E-state index contributed by atoms with van der Waals surface area (Å²) >= 11 is 0. The van der Waals surface area contributed by atoms with Crippen LogP contribution in [0.5, 0.6) is 0 Å². The van der Waals surface area contributed by atoms with Crippen molar-refractivity contribution in [1.82, 2.24) is 15.0 Å². The Kier molecular flexibility index (Phi) is 6.79. The van der Waals surface area contributed by atoms with Gasteiger partial charge in [-0.3, -0.25) is 9.78 Å². The number of halogens is 2. The Labute approximate surface area is 187 Å². The van der Waals surface area contributed by atoms with Crippen LogP contribution in [0.15, 0.2) is 24.7 Å². The monoisotopic (exact) mass is 444 g/mol. The first-order valence-electron chi connectivity index (χ1n) is 11.5. The van der Waals surface area contributed by atoms with E-state index in [2.05, 4.69) is 20.3 Å². The highest BCUT2D eigenvalue weighted by Crippen LogP contribution is 2.44. The molecular weight excluding hydrogens is 414 g/mol. The van der Waals surface area contributed by atoms with E-state index in [4.69, 9.17) is 4.74 Å². The smallest absolute Gasteiger partial charge is 0.258 e. The minimum absolute atomic E-state index is 0.131. The quantitative estimate of drug-likeness (QED) is 0.632. The lowest BCUT2D eigenvalue weighted by molar-refractivity contribution is -0.0384. The number of rotatable bonds is 5. The first-order chi connectivity index (χ1) is 15.3. The average Bonchev–Trinajstić information content (AvgIpc) is 2.80. The maximum absolute atomic E-state index is 13.8. The highest BCUT2D eigenvalue weighted by molar-refractivity contribution is 6.04. The second-order valence-corrected chi connectivity index (χ2v) is 9.08. The summed E-state index contributed by atoms with van der Waals surface area (Å²) in [6, 6.07) is 1.87. The molecule has 2 fully saturated rings. The molecule has 0 aromatic carbocycles. The van der Waals surface area contributed by atoms with Crippen molar-refractivity contribution in [1.29, 1.82) is 0 Å². The number of amides is 1. The number of nitrogens with zero attached hydrogens (tertiary/aromatic N) is 3. The molecule has 1 aliphatic carbocycles. The molecule has 1 unspecified atom stereocenters. The summed E-state index contributed by atoms with van der Waals surface area (Å²) in [7, 11) is 0. The van der Waals surface area contributed by atoms with Gasteiger partial charge < -0.3 is 10.1 Å². The number of hydrogen-bond donors (Lipinski definition) is 1. The molecule has 0 radical (unpaired) electrons. The van der Waals surface area contributed by atoms with Crippen molar-refractivity contribution in [2.24, 2.45) is 0 Å². The Bertz CT molecular complexity index is 934. The van der Waals surface area contributed by atoms with Crippen molar-refractivity contribution in [2.45, 2.75) is 82.7 Å². The Hall–Kier alpha value is -2.48. The third-order valence-corrected chi connectivity index (χ3v) is 6.33. The van der Waals surface area contributed by atoms with E-state index in [0.29, 0.717) is 42.2 Å². The minimum Gasteiger partial charge on any atom is -0.373 e. The zero-order valence-corrected chi connectivity index (χ0v) is 18.6. The van der Waals surface area contributed by atoms with Gasteiger partial charge in [-0.25, -0.2) is 18.7 Å². The third kappa shape index (κ3) is 5.11. The van der Waals surface area contributed by atoms with Gasteiger partial charge in [0.2, 0.25) is 5.92 Å². The maximum Gasteiger partial charge on any atom is 0.258 e. The Morgan fingerprint density at radius 3 is 2.47 bits per heavy atom. The Morgan fingerprint density at radius 2 is 1.84 bits per heavy atom. The van der Waals surface area contributed by atoms with Gasteiger partial charge in [0, 0.05) is 55.4 Å². The number of hydrogen-bond acceptors (Lipinski definition) is 5. The topological polar surface area (TPSA) is 77.0 Å². The molecule has 2 aromatic rings. The molecule has 2 aromatic heterocycles. The summed E-state index contributed by atoms with van der Waals surface area (Å²) in [5.41, 5.74) is 2.46. The number of ether oxygens (including phenoxy) is 1. The van der Waals surface area contributed by atoms with Gasteiger partial charge in [0.15, 0.2) is 0 Å². The van der Waals surface area contributed by atoms with Crippen LogP contribution in [0.4, 0.5) is 14.5 Å². The van der Waals surface area contributed by atoms with E-state index >= 15 is 0 Å². The van der Waals surface area contributed by atoms with Gasteiger partial charge in [0.25, 0.3) is 5.91 Å². The van der Waals surface area contributed by atoms with Crippen molar-refractivity contribution in [3.63, 3.8) is 0 Å². The molecule has 0 bridgehead atoms. The molecule has 3 heterocycles. The van der Waals surface area contributed by atoms with Gasteiger partial charge in [0.1, 0.15) is 5.82 Å². The number of aromatic nitrogens is 3. The van der Waals surface area contributed by atoms with Crippen molar-refractivity contribution in [3.05, 3.63) is 47.3 Å². The number of pyridine rings is 1. The van der Waals surface area contributed by atoms with Crippen LogP contribution >= 0.6 is 0 Å². The molecule has 1 saturated carbocycles. The summed E-state index contributed by atoms with van der Waals surface area (Å²) in [4.78, 5) is 26.2. The SMILES string of the molecule is CC(C)c1ncc(C(=O)Nc2c(C3CCCCO3)ccnc2C2CCC(F)(F)CC2)cn1. The van der Waals surface area contributed by atoms with Gasteiger partial charge in [-0.2, -0.15) is 0 Å². The van der Waals surface area contributed by atoms with E-state index in [1.165, 1.54) is 12.4 Å². The summed E-state index contributed by atoms with van der Waals surface area (Å²) in [6.45, 7) is 4.64. The summed E-state index contributed by atoms with van der Waals surface area (Å²) in [5.74, 6) is -2.26. The predicted molar refractivity (Wildman–Crippen MR) is 117 cm³/mol. The van der Waals surface area contributed by atoms with Crippen LogP contribution in [0, 0.1) is 0 Å². The molecule has 4 rings (SSSR count). The molecule has 2 aliphatic rings. The van der Waals surface area contributed by atoms with Crippen LogP contribution in [0.2, 0.25) is 0 Å². The molecule has 32 heavy (non-hydrogen) atoms. The van der Waals surface area contributed by atoms with E-state index < -0.39 is 5.92 Å². The maximum atomic E-state index is 13.8. The summed E-state index contributed by atoms with van der Waals surface area (Å²) in [6.07, 6.45) is 7.83. The molecule has 1 atom stereocenters. The molecule has 1 saturated heterocycles. The predicted octanol–water partition coefficient (Wildman–Crippen LogP) is 5.78. The van der Waals surface area contributed by atoms with Crippen LogP contribution in [0.1, 0.15) is 104 Å². The second kappa shape index (κ2) is 9.57. The van der Waals surface area contributed by atoms with E-state index in [-0.39, 0.29) is 36.7 Å². The van der Waals surface area contributed by atoms with Crippen molar-refractivity contribution in [2.75, 3.05) is 11.9 Å². The lowest BCUT2D eigenvalue weighted by Crippen LogP contribution is -2.26. The van der Waals surface area contributed by atoms with Gasteiger partial charge in [0.05, 0.1) is 23.0 Å². The number of alkyl halides is 2. The molecule has 8 heteroatoms. The van der Waals surface area contributed by atoms with Gasteiger partial charge in [-0.15, -0.1) is 0 Å². The fourth-order valence-corrected chi connectivity index (χ4v) is 4.45. The molecule has 1 amide bonds. The van der Waals surface area contributed by atoms with E-state index in [9.17, 15) is 13.6 Å². The lowest BCUT2D eigenvalue weighted by Gasteiger charge is -2.31. The highest BCUT2D eigenvalue weighted by Gasteiger charge is 2.37. The summed E-state index contributed by atoms with van der Waals surface area (Å²) < 4.78 is 33.5. The fourth-order valence-electron chi connectivity index (χ4n) is 4.45. The van der Waals surface area contributed by atoms with Crippen LogP contribution in [0.25, 0.3) is 0 Å². The normalized spacial score (nSPS) is 21.5. The van der Waals surface area contributed by atoms with Crippen molar-refractivity contribution in [3.8, 4) is 0 Å². The lowest BCUT2D eigenvalue weighted by atomic mass is 9.83. The number of carbonyl (C=O) groups excluding carboxylic acids is 1. The Balaban J connectivity index is 1.65. The van der Waals surface area contributed by atoms with E-state index in [1.54, 1.807) is 6.20 Å². The van der Waals surface area contributed by atoms with Crippen molar-refractivity contribution >= 4 is 11.6 Å². The van der Waals surface area contributed by atoms with Crippen LogP contribution in [-0.4, -0.2) is 33.4 Å².